The molecule has 2 aromatic rings. The van der Waals surface area contributed by atoms with Gasteiger partial charge >= 0.3 is 0 Å². The first-order valence-electron chi connectivity index (χ1n) is 12.3. The van der Waals surface area contributed by atoms with Crippen LogP contribution in [-0.4, -0.2) is 31.1 Å². The van der Waals surface area contributed by atoms with Crippen LogP contribution in [0.25, 0.3) is 0 Å². The van der Waals surface area contributed by atoms with Crippen LogP contribution >= 0.6 is 0 Å². The monoisotopic (exact) mass is 436 g/mol. The molecule has 2 aromatic carbocycles. The molecule has 1 aliphatic heterocycles. The third kappa shape index (κ3) is 6.66. The second-order valence-electron chi connectivity index (χ2n) is 9.15. The molecule has 32 heavy (non-hydrogen) atoms. The number of fused-ring (bicyclic) bond motifs is 1. The van der Waals surface area contributed by atoms with Crippen molar-refractivity contribution in [1.82, 2.24) is 5.32 Å². The van der Waals surface area contributed by atoms with Gasteiger partial charge in [0.25, 0.3) is 0 Å². The number of aliphatic hydroxyl groups is 1. The van der Waals surface area contributed by atoms with Crippen molar-refractivity contribution in [2.24, 2.45) is 5.92 Å². The molecule has 4 rings (SSSR count). The summed E-state index contributed by atoms with van der Waals surface area (Å²) in [4.78, 5) is 12.6. The smallest absolute Gasteiger partial charge is 0.140 e. The Bertz CT molecular complexity index is 854. The molecule has 0 aromatic heterocycles. The Morgan fingerprint density at radius 2 is 1.66 bits per heavy atom. The quantitative estimate of drug-likeness (QED) is 0.597. The lowest BCUT2D eigenvalue weighted by atomic mass is 9.84. The van der Waals surface area contributed by atoms with Gasteiger partial charge in [-0.25, -0.2) is 0 Å². The highest BCUT2D eigenvalue weighted by Crippen LogP contribution is 2.28. The largest absolute Gasteiger partial charge is 0.400 e. The lowest BCUT2D eigenvalue weighted by Gasteiger charge is -2.21. The molecule has 1 fully saturated rings. The highest BCUT2D eigenvalue weighted by atomic mass is 16.2. The van der Waals surface area contributed by atoms with E-state index in [9.17, 15) is 4.79 Å². The first-order valence-corrected chi connectivity index (χ1v) is 12.3. The summed E-state index contributed by atoms with van der Waals surface area (Å²) in [5.41, 5.74) is 8.07. The number of carbonyl (C=O) groups is 1. The molecule has 0 unspecified atom stereocenters. The number of aliphatic hydroxyl groups excluding tert-OH is 1. The van der Waals surface area contributed by atoms with Crippen LogP contribution in [0.5, 0.6) is 0 Å². The molecule has 0 radical (unpaired) electrons. The first-order chi connectivity index (χ1) is 15.7. The number of carbonyl (C=O) groups excluding carboxylic acids is 1. The van der Waals surface area contributed by atoms with E-state index >= 15 is 0 Å². The van der Waals surface area contributed by atoms with E-state index in [1.165, 1.54) is 53.6 Å². The number of hydrogen-bond donors (Lipinski definition) is 3. The summed E-state index contributed by atoms with van der Waals surface area (Å²) in [5, 5.41) is 14.2. The van der Waals surface area contributed by atoms with E-state index in [1.807, 2.05) is 0 Å². The Morgan fingerprint density at radius 3 is 2.41 bits per heavy atom. The van der Waals surface area contributed by atoms with Crippen LogP contribution < -0.4 is 10.6 Å². The van der Waals surface area contributed by atoms with E-state index in [1.54, 1.807) is 0 Å². The molecule has 0 atom stereocenters. The number of hydrogen-bond acceptors (Lipinski definition) is 4. The van der Waals surface area contributed by atoms with Gasteiger partial charge in [0.1, 0.15) is 5.78 Å². The van der Waals surface area contributed by atoms with E-state index in [0.29, 0.717) is 18.1 Å². The number of rotatable bonds is 6. The molecular weight excluding hydrogens is 396 g/mol. The molecule has 2 aliphatic rings. The van der Waals surface area contributed by atoms with Crippen LogP contribution in [0.15, 0.2) is 36.4 Å². The van der Waals surface area contributed by atoms with Gasteiger partial charge in [-0.3, -0.25) is 4.79 Å². The van der Waals surface area contributed by atoms with Gasteiger partial charge in [0.05, 0.1) is 0 Å². The summed E-state index contributed by atoms with van der Waals surface area (Å²) in [5.74, 6) is 0.740. The van der Waals surface area contributed by atoms with Crippen LogP contribution in [0, 0.1) is 12.8 Å². The number of benzene rings is 2. The second-order valence-corrected chi connectivity index (χ2v) is 9.15. The maximum absolute atomic E-state index is 12.6. The summed E-state index contributed by atoms with van der Waals surface area (Å²) in [6.07, 6.45) is 9.96. The fraction of sp³-hybridized carbons (Fsp3) is 0.536. The zero-order valence-corrected chi connectivity index (χ0v) is 19.9. The van der Waals surface area contributed by atoms with Crippen molar-refractivity contribution >= 4 is 11.5 Å². The Balaban J connectivity index is 0.00000141. The second kappa shape index (κ2) is 12.8. The third-order valence-corrected chi connectivity index (χ3v) is 6.90. The van der Waals surface area contributed by atoms with Crippen molar-refractivity contribution in [3.05, 3.63) is 64.2 Å². The summed E-state index contributed by atoms with van der Waals surface area (Å²) in [6.45, 7) is 5.20. The van der Waals surface area contributed by atoms with E-state index in [-0.39, 0.29) is 0 Å². The van der Waals surface area contributed by atoms with Gasteiger partial charge in [-0.2, -0.15) is 0 Å². The van der Waals surface area contributed by atoms with Crippen LogP contribution in [0.1, 0.15) is 66.3 Å². The first kappa shape index (κ1) is 24.5. The number of anilines is 1. The minimum Gasteiger partial charge on any atom is -0.400 e. The van der Waals surface area contributed by atoms with Gasteiger partial charge in [0.2, 0.25) is 0 Å². The topological polar surface area (TPSA) is 61.4 Å². The van der Waals surface area contributed by atoms with Crippen molar-refractivity contribution in [3.63, 3.8) is 0 Å². The van der Waals surface area contributed by atoms with Gasteiger partial charge in [-0.1, -0.05) is 55.7 Å². The lowest BCUT2D eigenvalue weighted by Crippen LogP contribution is -2.22. The fourth-order valence-electron chi connectivity index (χ4n) is 5.05. The summed E-state index contributed by atoms with van der Waals surface area (Å²) in [6, 6.07) is 13.2. The number of ketones is 1. The van der Waals surface area contributed by atoms with Gasteiger partial charge in [-0.15, -0.1) is 0 Å². The normalized spacial score (nSPS) is 16.7. The van der Waals surface area contributed by atoms with Crippen LogP contribution in [-0.2, 0) is 30.6 Å². The van der Waals surface area contributed by atoms with E-state index in [4.69, 9.17) is 5.11 Å². The SMILES string of the molecule is CO.Cc1ccc2c(c1NCc1ccc(CC(=O)C3CCCCC3)cc1)CCCNCC2. The van der Waals surface area contributed by atoms with Crippen molar-refractivity contribution in [1.29, 1.82) is 0 Å². The number of aryl methyl sites for hydroxylation is 1. The minimum atomic E-state index is 0.302. The number of Topliss-reactive ketones (excluding diaryl/α,β-unsaturated/α-hetero) is 1. The third-order valence-electron chi connectivity index (χ3n) is 6.90. The molecule has 4 heteroatoms. The average Bonchev–Trinajstić information content (AvgIpc) is 2.82. The molecule has 0 amide bonds. The summed E-state index contributed by atoms with van der Waals surface area (Å²) >= 11 is 0. The Hall–Kier alpha value is -2.17. The van der Waals surface area contributed by atoms with Gasteiger partial charge in [-0.05, 0) is 79.9 Å². The Kier molecular flexibility index (Phi) is 9.76. The standard InChI is InChI=1S/C27H36N2O.CH4O/c1-20-9-14-23-15-17-28-16-5-8-25(23)27(20)29-19-22-12-10-21(11-13-22)18-26(30)24-6-3-2-4-7-24;1-2/h9-14,24,28-29H,2-8,15-19H2,1H3;2H,1H3. The van der Waals surface area contributed by atoms with E-state index in [0.717, 1.165) is 58.0 Å². The highest BCUT2D eigenvalue weighted by Gasteiger charge is 2.21. The molecule has 0 spiro atoms. The van der Waals surface area contributed by atoms with Gasteiger partial charge in [0, 0.05) is 31.7 Å². The zero-order valence-electron chi connectivity index (χ0n) is 19.9. The Labute approximate surface area is 193 Å². The van der Waals surface area contributed by atoms with Crippen molar-refractivity contribution in [2.75, 3.05) is 25.5 Å². The van der Waals surface area contributed by atoms with Crippen molar-refractivity contribution in [3.8, 4) is 0 Å². The molecule has 1 heterocycles. The molecule has 0 bridgehead atoms. The lowest BCUT2D eigenvalue weighted by molar-refractivity contribution is -0.123. The average molecular weight is 437 g/mol. The van der Waals surface area contributed by atoms with E-state index in [2.05, 4.69) is 54.0 Å². The molecule has 1 saturated carbocycles. The van der Waals surface area contributed by atoms with Gasteiger partial charge in [0.15, 0.2) is 0 Å². The predicted molar refractivity (Wildman–Crippen MR) is 133 cm³/mol. The molecular formula is C28H40N2O2. The van der Waals surface area contributed by atoms with Crippen LogP contribution in [0.2, 0.25) is 0 Å². The molecule has 1 aliphatic carbocycles. The summed E-state index contributed by atoms with van der Waals surface area (Å²) < 4.78 is 0. The Morgan fingerprint density at radius 1 is 0.938 bits per heavy atom. The summed E-state index contributed by atoms with van der Waals surface area (Å²) in [7, 11) is 1.00. The highest BCUT2D eigenvalue weighted by molar-refractivity contribution is 5.83. The van der Waals surface area contributed by atoms with Crippen molar-refractivity contribution in [2.45, 2.75) is 71.3 Å². The minimum absolute atomic E-state index is 0.302. The maximum Gasteiger partial charge on any atom is 0.140 e. The number of nitrogens with one attached hydrogen (secondary N) is 2. The molecule has 0 saturated heterocycles. The zero-order chi connectivity index (χ0) is 22.8. The molecule has 4 nitrogen and oxygen atoms in total. The fourth-order valence-corrected chi connectivity index (χ4v) is 5.05. The van der Waals surface area contributed by atoms with Gasteiger partial charge < -0.3 is 15.7 Å². The van der Waals surface area contributed by atoms with Crippen LogP contribution in [0.4, 0.5) is 5.69 Å². The van der Waals surface area contributed by atoms with Crippen LogP contribution in [0.3, 0.4) is 0 Å². The molecule has 174 valence electrons. The van der Waals surface area contributed by atoms with E-state index < -0.39 is 0 Å². The maximum atomic E-state index is 12.6. The predicted octanol–water partition coefficient (Wildman–Crippen LogP) is 4.99. The molecule has 3 N–H and O–H groups in total. The van der Waals surface area contributed by atoms with Crippen molar-refractivity contribution < 1.29 is 9.90 Å².